The molecule has 0 aliphatic rings. The summed E-state index contributed by atoms with van der Waals surface area (Å²) < 4.78 is 19.3. The molecule has 0 spiro atoms. The summed E-state index contributed by atoms with van der Waals surface area (Å²) in [7, 11) is 0. The number of aromatic nitrogens is 2. The Morgan fingerprint density at radius 1 is 1.20 bits per heavy atom. The first-order chi connectivity index (χ1) is 12.1. The van der Waals surface area contributed by atoms with Crippen molar-refractivity contribution in [3.63, 3.8) is 0 Å². The van der Waals surface area contributed by atoms with Crippen molar-refractivity contribution in [1.29, 1.82) is 0 Å². The molecule has 1 N–H and O–H groups in total. The molecule has 0 saturated carbocycles. The van der Waals surface area contributed by atoms with E-state index in [2.05, 4.69) is 15.5 Å². The molecule has 0 saturated heterocycles. The molecule has 0 bridgehead atoms. The van der Waals surface area contributed by atoms with Gasteiger partial charge in [-0.25, -0.2) is 9.37 Å². The third kappa shape index (κ3) is 2.89. The molecule has 2 heterocycles. The number of benzene rings is 2. The van der Waals surface area contributed by atoms with Crippen LogP contribution in [0.25, 0.3) is 21.5 Å². The highest BCUT2D eigenvalue weighted by atomic mass is 32.1. The Balaban J connectivity index is 1.68. The molecule has 1 amide bonds. The second kappa shape index (κ2) is 6.10. The first-order valence-electron chi connectivity index (χ1n) is 7.51. The summed E-state index contributed by atoms with van der Waals surface area (Å²) in [5.74, 6) is -0.296. The van der Waals surface area contributed by atoms with Crippen molar-refractivity contribution >= 4 is 32.6 Å². The van der Waals surface area contributed by atoms with Gasteiger partial charge in [0.2, 0.25) is 0 Å². The molecule has 7 heteroatoms. The van der Waals surface area contributed by atoms with Crippen LogP contribution in [0.4, 0.5) is 9.52 Å². The number of nitrogens with one attached hydrogen (secondary N) is 1. The molecule has 0 aliphatic heterocycles. The zero-order chi connectivity index (χ0) is 17.4. The zero-order valence-electron chi connectivity index (χ0n) is 13.1. The Hall–Kier alpha value is -3.06. The van der Waals surface area contributed by atoms with E-state index in [1.807, 2.05) is 30.3 Å². The van der Waals surface area contributed by atoms with Crippen LogP contribution in [0.2, 0.25) is 0 Å². The molecular weight excluding hydrogens is 341 g/mol. The quantitative estimate of drug-likeness (QED) is 0.582. The number of nitrogens with zero attached hydrogens (tertiary/aromatic N) is 2. The van der Waals surface area contributed by atoms with Gasteiger partial charge in [0.15, 0.2) is 10.9 Å². The zero-order valence-corrected chi connectivity index (χ0v) is 13.9. The molecule has 124 valence electrons. The molecule has 4 aromatic rings. The SMILES string of the molecule is Cc1noc(-c2ccccc2)c1C(=O)Nc1nc2ccc(F)cc2s1. The van der Waals surface area contributed by atoms with Crippen LogP contribution in [0.3, 0.4) is 0 Å². The topological polar surface area (TPSA) is 68.0 Å². The van der Waals surface area contributed by atoms with Crippen molar-refractivity contribution in [2.75, 3.05) is 5.32 Å². The maximum absolute atomic E-state index is 13.3. The van der Waals surface area contributed by atoms with E-state index < -0.39 is 0 Å². The minimum absolute atomic E-state index is 0.338. The number of halogens is 1. The molecule has 0 radical (unpaired) electrons. The summed E-state index contributed by atoms with van der Waals surface area (Å²) in [6.45, 7) is 1.71. The fourth-order valence-corrected chi connectivity index (χ4v) is 3.42. The smallest absolute Gasteiger partial charge is 0.263 e. The molecular formula is C18H12FN3O2S. The number of hydrogen-bond acceptors (Lipinski definition) is 5. The molecule has 4 rings (SSSR count). The van der Waals surface area contributed by atoms with Gasteiger partial charge in [-0.3, -0.25) is 10.1 Å². The minimum Gasteiger partial charge on any atom is -0.355 e. The molecule has 0 atom stereocenters. The van der Waals surface area contributed by atoms with Gasteiger partial charge in [0.05, 0.1) is 15.9 Å². The fraction of sp³-hybridized carbons (Fsp3) is 0.0556. The van der Waals surface area contributed by atoms with Gasteiger partial charge >= 0.3 is 0 Å². The fourth-order valence-electron chi connectivity index (χ4n) is 2.54. The van der Waals surface area contributed by atoms with Crippen molar-refractivity contribution in [3.05, 3.63) is 65.6 Å². The highest BCUT2D eigenvalue weighted by molar-refractivity contribution is 7.22. The first-order valence-corrected chi connectivity index (χ1v) is 8.32. The van der Waals surface area contributed by atoms with Crippen LogP contribution < -0.4 is 5.32 Å². The van der Waals surface area contributed by atoms with Gasteiger partial charge in [-0.05, 0) is 25.1 Å². The van der Waals surface area contributed by atoms with Crippen molar-refractivity contribution in [3.8, 4) is 11.3 Å². The van der Waals surface area contributed by atoms with Gasteiger partial charge in [-0.15, -0.1) is 0 Å². The highest BCUT2D eigenvalue weighted by Gasteiger charge is 2.22. The number of carbonyl (C=O) groups is 1. The van der Waals surface area contributed by atoms with Gasteiger partial charge in [-0.1, -0.05) is 46.8 Å². The summed E-state index contributed by atoms with van der Waals surface area (Å²) in [4.78, 5) is 17.0. The number of rotatable bonds is 3. The maximum atomic E-state index is 13.3. The Kier molecular flexibility index (Phi) is 3.77. The normalized spacial score (nSPS) is 11.0. The van der Waals surface area contributed by atoms with Gasteiger partial charge in [0.1, 0.15) is 11.4 Å². The van der Waals surface area contributed by atoms with Crippen molar-refractivity contribution in [2.24, 2.45) is 0 Å². The summed E-state index contributed by atoms with van der Waals surface area (Å²) in [6.07, 6.45) is 0. The van der Waals surface area contributed by atoms with E-state index in [9.17, 15) is 9.18 Å². The second-order valence-electron chi connectivity index (χ2n) is 5.42. The summed E-state index contributed by atoms with van der Waals surface area (Å²) in [5.41, 5.74) is 2.24. The molecule has 0 unspecified atom stereocenters. The number of amides is 1. The third-order valence-electron chi connectivity index (χ3n) is 3.70. The Morgan fingerprint density at radius 3 is 2.80 bits per heavy atom. The van der Waals surface area contributed by atoms with E-state index in [-0.39, 0.29) is 11.7 Å². The summed E-state index contributed by atoms with van der Waals surface area (Å²) in [5, 5.41) is 7.05. The average molecular weight is 353 g/mol. The lowest BCUT2D eigenvalue weighted by atomic mass is 10.1. The van der Waals surface area contributed by atoms with Crippen molar-refractivity contribution in [1.82, 2.24) is 10.1 Å². The number of fused-ring (bicyclic) bond motifs is 1. The Morgan fingerprint density at radius 2 is 2.00 bits per heavy atom. The minimum atomic E-state index is -0.364. The van der Waals surface area contributed by atoms with Crippen LogP contribution in [0, 0.1) is 12.7 Å². The van der Waals surface area contributed by atoms with Gasteiger partial charge in [0.25, 0.3) is 5.91 Å². The van der Waals surface area contributed by atoms with Crippen molar-refractivity contribution < 1.29 is 13.7 Å². The summed E-state index contributed by atoms with van der Waals surface area (Å²) in [6, 6.07) is 13.6. The third-order valence-corrected chi connectivity index (χ3v) is 4.63. The predicted molar refractivity (Wildman–Crippen MR) is 94.2 cm³/mol. The van der Waals surface area contributed by atoms with Gasteiger partial charge in [0, 0.05) is 5.56 Å². The van der Waals surface area contributed by atoms with Crippen molar-refractivity contribution in [2.45, 2.75) is 6.92 Å². The van der Waals surface area contributed by atoms with E-state index in [4.69, 9.17) is 4.52 Å². The van der Waals surface area contributed by atoms with E-state index in [1.165, 1.54) is 23.5 Å². The number of aryl methyl sites for hydroxylation is 1. The summed E-state index contributed by atoms with van der Waals surface area (Å²) >= 11 is 1.21. The highest BCUT2D eigenvalue weighted by Crippen LogP contribution is 2.29. The lowest BCUT2D eigenvalue weighted by molar-refractivity contribution is 0.102. The van der Waals surface area contributed by atoms with Crippen LogP contribution in [0.15, 0.2) is 53.1 Å². The molecule has 0 fully saturated rings. The Bertz CT molecular complexity index is 1070. The molecule has 2 aromatic heterocycles. The second-order valence-corrected chi connectivity index (χ2v) is 6.45. The van der Waals surface area contributed by atoms with Crippen LogP contribution in [-0.2, 0) is 0 Å². The van der Waals surface area contributed by atoms with Crippen LogP contribution in [-0.4, -0.2) is 16.0 Å². The van der Waals surface area contributed by atoms with Crippen LogP contribution in [0.1, 0.15) is 16.1 Å². The molecule has 2 aromatic carbocycles. The number of thiazole rings is 1. The number of anilines is 1. The van der Waals surface area contributed by atoms with E-state index in [1.54, 1.807) is 13.0 Å². The monoisotopic (exact) mass is 353 g/mol. The Labute approximate surface area is 146 Å². The number of hydrogen-bond donors (Lipinski definition) is 1. The lowest BCUT2D eigenvalue weighted by Gasteiger charge is -2.02. The molecule has 25 heavy (non-hydrogen) atoms. The van der Waals surface area contributed by atoms with Crippen LogP contribution >= 0.6 is 11.3 Å². The maximum Gasteiger partial charge on any atom is 0.263 e. The first kappa shape index (κ1) is 15.5. The number of carbonyl (C=O) groups excluding carboxylic acids is 1. The van der Waals surface area contributed by atoms with Gasteiger partial charge < -0.3 is 4.52 Å². The standard InChI is InChI=1S/C18H12FN3O2S/c1-10-15(16(24-22-10)11-5-3-2-4-6-11)17(23)21-18-20-13-8-7-12(19)9-14(13)25-18/h2-9H,1H3,(H,20,21,23). The predicted octanol–water partition coefficient (Wildman–Crippen LogP) is 4.65. The van der Waals surface area contributed by atoms with E-state index in [0.29, 0.717) is 32.4 Å². The van der Waals surface area contributed by atoms with Crippen LogP contribution in [0.5, 0.6) is 0 Å². The molecule has 5 nitrogen and oxygen atoms in total. The van der Waals surface area contributed by atoms with Gasteiger partial charge in [-0.2, -0.15) is 0 Å². The van der Waals surface area contributed by atoms with E-state index >= 15 is 0 Å². The average Bonchev–Trinajstić information content (AvgIpc) is 3.18. The van der Waals surface area contributed by atoms with E-state index in [0.717, 1.165) is 5.56 Å². The largest absolute Gasteiger partial charge is 0.355 e. The lowest BCUT2D eigenvalue weighted by Crippen LogP contribution is -2.13. The molecule has 0 aliphatic carbocycles.